The van der Waals surface area contributed by atoms with E-state index in [-0.39, 0.29) is 24.0 Å². The number of halogens is 1. The van der Waals surface area contributed by atoms with E-state index in [0.717, 1.165) is 31.4 Å². The predicted octanol–water partition coefficient (Wildman–Crippen LogP) is 2.74. The number of rotatable bonds is 6. The van der Waals surface area contributed by atoms with Gasteiger partial charge in [-0.25, -0.2) is 0 Å². The standard InChI is InChI=1S/C18H30N4.HI/c1-19-18(20-12-8-16-6-4-3-5-7-16)21-13-9-17-10-14-22(2)15-11-17;/h3-7,17H,8-15H2,1-2H3,(H2,19,20,21);1H. The minimum atomic E-state index is 0. The number of piperidine rings is 1. The highest BCUT2D eigenvalue weighted by molar-refractivity contribution is 14.0. The van der Waals surface area contributed by atoms with Gasteiger partial charge >= 0.3 is 0 Å². The molecule has 1 aliphatic rings. The number of nitrogens with zero attached hydrogens (tertiary/aromatic N) is 2. The number of guanidine groups is 1. The molecule has 0 amide bonds. The lowest BCUT2D eigenvalue weighted by atomic mass is 9.94. The molecular formula is C18H31IN4. The van der Waals surface area contributed by atoms with Gasteiger partial charge in [0.25, 0.3) is 0 Å². The van der Waals surface area contributed by atoms with Crippen molar-refractivity contribution in [3.8, 4) is 0 Å². The maximum atomic E-state index is 4.30. The highest BCUT2D eigenvalue weighted by atomic mass is 127. The number of hydrogen-bond acceptors (Lipinski definition) is 2. The van der Waals surface area contributed by atoms with E-state index in [0.29, 0.717) is 0 Å². The van der Waals surface area contributed by atoms with Crippen molar-refractivity contribution >= 4 is 29.9 Å². The second-order valence-corrected chi connectivity index (χ2v) is 6.20. The SMILES string of the molecule is CN=C(NCCc1ccccc1)NCCC1CCN(C)CC1.I. The molecule has 2 N–H and O–H groups in total. The Labute approximate surface area is 158 Å². The Morgan fingerprint density at radius 3 is 2.43 bits per heavy atom. The van der Waals surface area contributed by atoms with Crippen molar-refractivity contribution in [3.05, 3.63) is 35.9 Å². The van der Waals surface area contributed by atoms with Crippen molar-refractivity contribution in [2.24, 2.45) is 10.9 Å². The molecule has 1 aromatic rings. The van der Waals surface area contributed by atoms with Gasteiger partial charge in [-0.2, -0.15) is 0 Å². The molecule has 1 fully saturated rings. The molecule has 0 spiro atoms. The van der Waals surface area contributed by atoms with E-state index < -0.39 is 0 Å². The van der Waals surface area contributed by atoms with Crippen LogP contribution in [-0.4, -0.2) is 51.1 Å². The van der Waals surface area contributed by atoms with Crippen LogP contribution in [0.1, 0.15) is 24.8 Å². The second kappa shape index (κ2) is 11.7. The molecule has 0 aromatic heterocycles. The molecule has 23 heavy (non-hydrogen) atoms. The fraction of sp³-hybridized carbons (Fsp3) is 0.611. The van der Waals surface area contributed by atoms with E-state index in [1.54, 1.807) is 0 Å². The van der Waals surface area contributed by atoms with Crippen molar-refractivity contribution in [1.29, 1.82) is 0 Å². The van der Waals surface area contributed by atoms with Gasteiger partial charge < -0.3 is 15.5 Å². The summed E-state index contributed by atoms with van der Waals surface area (Å²) in [5.74, 6) is 1.79. The third-order valence-corrected chi connectivity index (χ3v) is 4.46. The maximum Gasteiger partial charge on any atom is 0.190 e. The van der Waals surface area contributed by atoms with Crippen LogP contribution in [0, 0.1) is 5.92 Å². The third-order valence-electron chi connectivity index (χ3n) is 4.46. The Hall–Kier alpha value is -0.820. The van der Waals surface area contributed by atoms with Crippen molar-refractivity contribution in [3.63, 3.8) is 0 Å². The second-order valence-electron chi connectivity index (χ2n) is 6.20. The van der Waals surface area contributed by atoms with Gasteiger partial charge in [-0.05, 0) is 57.3 Å². The zero-order valence-electron chi connectivity index (χ0n) is 14.4. The molecule has 0 radical (unpaired) electrons. The Kier molecular flexibility index (Phi) is 10.3. The normalized spacial score (nSPS) is 16.7. The molecule has 2 rings (SSSR count). The van der Waals surface area contributed by atoms with E-state index in [4.69, 9.17) is 0 Å². The summed E-state index contributed by atoms with van der Waals surface area (Å²) < 4.78 is 0. The first-order valence-corrected chi connectivity index (χ1v) is 8.45. The van der Waals surface area contributed by atoms with Gasteiger partial charge in [0.15, 0.2) is 5.96 Å². The Morgan fingerprint density at radius 2 is 1.78 bits per heavy atom. The lowest BCUT2D eigenvalue weighted by Crippen LogP contribution is -2.39. The van der Waals surface area contributed by atoms with Crippen LogP contribution >= 0.6 is 24.0 Å². The molecule has 0 unspecified atom stereocenters. The molecule has 0 saturated carbocycles. The molecule has 130 valence electrons. The van der Waals surface area contributed by atoms with Crippen molar-refractivity contribution in [2.75, 3.05) is 40.3 Å². The highest BCUT2D eigenvalue weighted by Crippen LogP contribution is 2.18. The summed E-state index contributed by atoms with van der Waals surface area (Å²) in [6.45, 7) is 4.42. The largest absolute Gasteiger partial charge is 0.356 e. The fourth-order valence-corrected chi connectivity index (χ4v) is 2.94. The average Bonchev–Trinajstić information content (AvgIpc) is 2.56. The number of benzene rings is 1. The van der Waals surface area contributed by atoms with Crippen LogP contribution in [0.4, 0.5) is 0 Å². The first kappa shape index (κ1) is 20.2. The van der Waals surface area contributed by atoms with Crippen LogP contribution < -0.4 is 10.6 Å². The molecule has 1 aromatic carbocycles. The minimum Gasteiger partial charge on any atom is -0.356 e. The van der Waals surface area contributed by atoms with E-state index in [1.807, 2.05) is 7.05 Å². The minimum absolute atomic E-state index is 0. The third kappa shape index (κ3) is 8.01. The van der Waals surface area contributed by atoms with E-state index >= 15 is 0 Å². The smallest absolute Gasteiger partial charge is 0.190 e. The van der Waals surface area contributed by atoms with Crippen LogP contribution in [0.3, 0.4) is 0 Å². The van der Waals surface area contributed by atoms with Crippen LogP contribution in [0.5, 0.6) is 0 Å². The monoisotopic (exact) mass is 430 g/mol. The number of nitrogens with one attached hydrogen (secondary N) is 2. The van der Waals surface area contributed by atoms with Crippen LogP contribution in [0.25, 0.3) is 0 Å². The highest BCUT2D eigenvalue weighted by Gasteiger charge is 2.16. The van der Waals surface area contributed by atoms with Crippen LogP contribution in [0.2, 0.25) is 0 Å². The predicted molar refractivity (Wildman–Crippen MR) is 110 cm³/mol. The summed E-state index contributed by atoms with van der Waals surface area (Å²) in [6, 6.07) is 10.6. The first-order chi connectivity index (χ1) is 10.8. The molecule has 1 aliphatic heterocycles. The van der Waals surface area contributed by atoms with Gasteiger partial charge in [-0.1, -0.05) is 30.3 Å². The van der Waals surface area contributed by atoms with Crippen molar-refractivity contribution in [1.82, 2.24) is 15.5 Å². The molecule has 0 atom stereocenters. The number of hydrogen-bond donors (Lipinski definition) is 2. The van der Waals surface area contributed by atoms with Gasteiger partial charge in [0, 0.05) is 20.1 Å². The molecular weight excluding hydrogens is 399 g/mol. The van der Waals surface area contributed by atoms with Gasteiger partial charge in [0.05, 0.1) is 0 Å². The molecule has 4 nitrogen and oxygen atoms in total. The molecule has 0 bridgehead atoms. The van der Waals surface area contributed by atoms with Crippen LogP contribution in [0.15, 0.2) is 35.3 Å². The first-order valence-electron chi connectivity index (χ1n) is 8.45. The lowest BCUT2D eigenvalue weighted by Gasteiger charge is -2.29. The Morgan fingerprint density at radius 1 is 1.13 bits per heavy atom. The van der Waals surface area contributed by atoms with Crippen molar-refractivity contribution < 1.29 is 0 Å². The topological polar surface area (TPSA) is 39.7 Å². The summed E-state index contributed by atoms with van der Waals surface area (Å²) in [7, 11) is 4.06. The molecule has 5 heteroatoms. The van der Waals surface area contributed by atoms with Crippen molar-refractivity contribution in [2.45, 2.75) is 25.7 Å². The lowest BCUT2D eigenvalue weighted by molar-refractivity contribution is 0.213. The summed E-state index contributed by atoms with van der Waals surface area (Å²) in [6.07, 6.45) is 4.93. The summed E-state index contributed by atoms with van der Waals surface area (Å²) >= 11 is 0. The van der Waals surface area contributed by atoms with E-state index in [2.05, 4.69) is 57.9 Å². The molecule has 1 heterocycles. The Balaban J connectivity index is 0.00000264. The Bertz CT molecular complexity index is 442. The maximum absolute atomic E-state index is 4.30. The summed E-state index contributed by atoms with van der Waals surface area (Å²) in [5.41, 5.74) is 1.36. The molecule has 0 aliphatic carbocycles. The van der Waals surface area contributed by atoms with Gasteiger partial charge in [-0.3, -0.25) is 4.99 Å². The summed E-state index contributed by atoms with van der Waals surface area (Å²) in [5, 5.41) is 6.83. The van der Waals surface area contributed by atoms with Gasteiger partial charge in [0.1, 0.15) is 0 Å². The average molecular weight is 430 g/mol. The number of likely N-dealkylation sites (tertiary alicyclic amines) is 1. The zero-order valence-corrected chi connectivity index (χ0v) is 16.8. The molecule has 1 saturated heterocycles. The summed E-state index contributed by atoms with van der Waals surface area (Å²) in [4.78, 5) is 6.72. The quantitative estimate of drug-likeness (QED) is 0.414. The van der Waals surface area contributed by atoms with Crippen LogP contribution in [-0.2, 0) is 6.42 Å². The number of aliphatic imine (C=N–C) groups is 1. The zero-order chi connectivity index (χ0) is 15.6. The van der Waals surface area contributed by atoms with E-state index in [1.165, 1.54) is 37.9 Å². The fourth-order valence-electron chi connectivity index (χ4n) is 2.94. The van der Waals surface area contributed by atoms with Gasteiger partial charge in [0.2, 0.25) is 0 Å². The van der Waals surface area contributed by atoms with Gasteiger partial charge in [-0.15, -0.1) is 24.0 Å². The van der Waals surface area contributed by atoms with E-state index in [9.17, 15) is 0 Å².